The zero-order chi connectivity index (χ0) is 16.9. The average molecular weight is 344 g/mol. The molecule has 1 fully saturated rings. The van der Waals surface area contributed by atoms with Gasteiger partial charge in [-0.1, -0.05) is 30.3 Å². The van der Waals surface area contributed by atoms with Gasteiger partial charge in [0.2, 0.25) is 0 Å². The fraction of sp³-hybridized carbons (Fsp3) is 0.474. The molecule has 0 saturated carbocycles. The Morgan fingerprint density at radius 1 is 1.33 bits per heavy atom. The maximum Gasteiger partial charge on any atom is 0.259 e. The minimum absolute atomic E-state index is 0.0686. The summed E-state index contributed by atoms with van der Waals surface area (Å²) in [5, 5.41) is 4.39. The number of amides is 1. The molecule has 5 heteroatoms. The van der Waals surface area contributed by atoms with E-state index < -0.39 is 0 Å². The van der Waals surface area contributed by atoms with Gasteiger partial charge in [0, 0.05) is 29.7 Å². The van der Waals surface area contributed by atoms with Crippen molar-refractivity contribution >= 4 is 17.7 Å². The van der Waals surface area contributed by atoms with Gasteiger partial charge in [-0.05, 0) is 37.8 Å². The molecule has 4 nitrogen and oxygen atoms in total. The number of thioether (sulfide) groups is 1. The number of carbonyl (C=O) groups is 1. The van der Waals surface area contributed by atoms with Gasteiger partial charge < -0.3 is 9.42 Å². The molecular weight excluding hydrogens is 320 g/mol. The van der Waals surface area contributed by atoms with Crippen LogP contribution in [0.15, 0.2) is 39.9 Å². The smallest absolute Gasteiger partial charge is 0.259 e. The van der Waals surface area contributed by atoms with Crippen LogP contribution >= 0.6 is 11.8 Å². The minimum atomic E-state index is 0.0686. The Bertz CT molecular complexity index is 690. The van der Waals surface area contributed by atoms with E-state index >= 15 is 0 Å². The zero-order valence-corrected chi connectivity index (χ0v) is 15.1. The highest BCUT2D eigenvalue weighted by molar-refractivity contribution is 8.00. The van der Waals surface area contributed by atoms with Crippen molar-refractivity contribution in [1.29, 1.82) is 0 Å². The quantitative estimate of drug-likeness (QED) is 0.810. The summed E-state index contributed by atoms with van der Waals surface area (Å²) in [5.41, 5.74) is 1.97. The van der Waals surface area contributed by atoms with Crippen LogP contribution in [-0.4, -0.2) is 34.3 Å². The molecule has 0 aliphatic carbocycles. The first-order valence-corrected chi connectivity index (χ1v) is 9.52. The fourth-order valence-electron chi connectivity index (χ4n) is 3.06. The van der Waals surface area contributed by atoms with Gasteiger partial charge in [0.05, 0.1) is 6.20 Å². The molecule has 3 rings (SSSR count). The number of hydrogen-bond acceptors (Lipinski definition) is 4. The van der Waals surface area contributed by atoms with Gasteiger partial charge >= 0.3 is 0 Å². The number of carbonyl (C=O) groups excluding carboxylic acids is 1. The van der Waals surface area contributed by atoms with E-state index in [9.17, 15) is 4.79 Å². The summed E-state index contributed by atoms with van der Waals surface area (Å²) in [5.74, 6) is 0.790. The Labute approximate surface area is 147 Å². The third-order valence-electron chi connectivity index (χ3n) is 4.47. The lowest BCUT2D eigenvalue weighted by atomic mass is 10.1. The molecule has 1 aromatic heterocycles. The Morgan fingerprint density at radius 2 is 2.08 bits per heavy atom. The Kier molecular flexibility index (Phi) is 5.61. The van der Waals surface area contributed by atoms with Crippen LogP contribution in [-0.2, 0) is 6.42 Å². The first-order valence-electron chi connectivity index (χ1n) is 8.64. The molecule has 128 valence electrons. The molecule has 0 bridgehead atoms. The topological polar surface area (TPSA) is 46.3 Å². The number of piperidine rings is 1. The normalized spacial score (nSPS) is 15.7. The second kappa shape index (κ2) is 7.88. The highest BCUT2D eigenvalue weighted by atomic mass is 32.2. The van der Waals surface area contributed by atoms with Crippen molar-refractivity contribution in [2.24, 2.45) is 0 Å². The van der Waals surface area contributed by atoms with Crippen LogP contribution in [0, 0.1) is 6.92 Å². The molecular formula is C19H24N2O2S. The first-order chi connectivity index (χ1) is 11.7. The van der Waals surface area contributed by atoms with Crippen molar-refractivity contribution in [2.45, 2.75) is 49.7 Å². The number of likely N-dealkylation sites (tertiary alicyclic amines) is 1. The Balaban J connectivity index is 1.58. The maximum absolute atomic E-state index is 12.7. The molecule has 0 spiro atoms. The van der Waals surface area contributed by atoms with Crippen molar-refractivity contribution < 1.29 is 9.32 Å². The van der Waals surface area contributed by atoms with Crippen LogP contribution in [0.4, 0.5) is 0 Å². The highest BCUT2D eigenvalue weighted by Crippen LogP contribution is 2.32. The van der Waals surface area contributed by atoms with Gasteiger partial charge in [0.15, 0.2) is 0 Å². The number of nitrogens with zero attached hydrogens (tertiary/aromatic N) is 2. The second-order valence-corrected chi connectivity index (χ2v) is 7.63. The van der Waals surface area contributed by atoms with Gasteiger partial charge in [-0.2, -0.15) is 0 Å². The van der Waals surface area contributed by atoms with Crippen LogP contribution in [0.2, 0.25) is 0 Å². The largest absolute Gasteiger partial charge is 0.361 e. The number of aromatic nitrogens is 1. The summed E-state index contributed by atoms with van der Waals surface area (Å²) in [6.45, 7) is 5.84. The molecule has 1 amide bonds. The van der Waals surface area contributed by atoms with E-state index in [1.165, 1.54) is 10.5 Å². The van der Waals surface area contributed by atoms with Crippen molar-refractivity contribution in [2.75, 3.05) is 13.1 Å². The van der Waals surface area contributed by atoms with E-state index in [1.54, 1.807) is 6.20 Å². The number of benzene rings is 1. The van der Waals surface area contributed by atoms with Crippen LogP contribution in [0.1, 0.15) is 47.9 Å². The van der Waals surface area contributed by atoms with Crippen LogP contribution < -0.4 is 0 Å². The van der Waals surface area contributed by atoms with E-state index in [-0.39, 0.29) is 5.91 Å². The van der Waals surface area contributed by atoms with E-state index in [2.05, 4.69) is 43.3 Å². The number of aryl methyl sites for hydroxylation is 2. The van der Waals surface area contributed by atoms with Crippen molar-refractivity contribution in [1.82, 2.24) is 10.1 Å². The lowest BCUT2D eigenvalue weighted by molar-refractivity contribution is 0.0725. The summed E-state index contributed by atoms with van der Waals surface area (Å²) in [7, 11) is 0. The standard InChI is InChI=1S/C19H24N2O2S/c1-3-6-17-16(13-20-23-17)19(22)21-11-9-15(10-12-21)24-18-8-5-4-7-14(18)2/h4-5,7-8,13,15H,3,6,9-12H2,1-2H3. The third-order valence-corrected chi connectivity index (χ3v) is 5.99. The molecule has 0 unspecified atom stereocenters. The Hall–Kier alpha value is -1.75. The molecule has 0 atom stereocenters. The van der Waals surface area contributed by atoms with Crippen molar-refractivity contribution in [3.63, 3.8) is 0 Å². The van der Waals surface area contributed by atoms with Gasteiger partial charge in [-0.3, -0.25) is 4.79 Å². The molecule has 1 saturated heterocycles. The molecule has 1 aliphatic heterocycles. The van der Waals surface area contributed by atoms with Gasteiger partial charge in [-0.15, -0.1) is 11.8 Å². The van der Waals surface area contributed by atoms with E-state index in [0.29, 0.717) is 10.8 Å². The van der Waals surface area contributed by atoms with E-state index in [0.717, 1.165) is 44.5 Å². The van der Waals surface area contributed by atoms with Gasteiger partial charge in [0.1, 0.15) is 11.3 Å². The number of rotatable bonds is 5. The monoisotopic (exact) mass is 344 g/mol. The predicted octanol–water partition coefficient (Wildman–Crippen LogP) is 4.33. The highest BCUT2D eigenvalue weighted by Gasteiger charge is 2.27. The fourth-order valence-corrected chi connectivity index (χ4v) is 4.28. The van der Waals surface area contributed by atoms with Crippen molar-refractivity contribution in [3.8, 4) is 0 Å². The molecule has 1 aromatic carbocycles. The minimum Gasteiger partial charge on any atom is -0.361 e. The number of hydrogen-bond donors (Lipinski definition) is 0. The maximum atomic E-state index is 12.7. The lowest BCUT2D eigenvalue weighted by Gasteiger charge is -2.31. The summed E-state index contributed by atoms with van der Waals surface area (Å²) in [4.78, 5) is 16.0. The van der Waals surface area contributed by atoms with Gasteiger partial charge in [0.25, 0.3) is 5.91 Å². The third kappa shape index (κ3) is 3.83. The van der Waals surface area contributed by atoms with Crippen molar-refractivity contribution in [3.05, 3.63) is 47.3 Å². The molecule has 2 aromatic rings. The van der Waals surface area contributed by atoms with E-state index in [1.807, 2.05) is 16.7 Å². The van der Waals surface area contributed by atoms with Gasteiger partial charge in [-0.25, -0.2) is 0 Å². The molecule has 2 heterocycles. The summed E-state index contributed by atoms with van der Waals surface area (Å²) >= 11 is 1.94. The van der Waals surface area contributed by atoms with Crippen LogP contribution in [0.25, 0.3) is 0 Å². The molecule has 24 heavy (non-hydrogen) atoms. The predicted molar refractivity (Wildman–Crippen MR) is 96.5 cm³/mol. The molecule has 1 aliphatic rings. The van der Waals surface area contributed by atoms with Crippen LogP contribution in [0.3, 0.4) is 0 Å². The SMILES string of the molecule is CCCc1oncc1C(=O)N1CCC(Sc2ccccc2C)CC1. The lowest BCUT2D eigenvalue weighted by Crippen LogP contribution is -2.39. The zero-order valence-electron chi connectivity index (χ0n) is 14.3. The average Bonchev–Trinajstić information content (AvgIpc) is 3.06. The Morgan fingerprint density at radius 3 is 2.79 bits per heavy atom. The van der Waals surface area contributed by atoms with E-state index in [4.69, 9.17) is 4.52 Å². The molecule has 0 N–H and O–H groups in total. The summed E-state index contributed by atoms with van der Waals surface area (Å²) < 4.78 is 5.23. The summed E-state index contributed by atoms with van der Waals surface area (Å²) in [6, 6.07) is 8.51. The first kappa shape index (κ1) is 17.1. The second-order valence-electron chi connectivity index (χ2n) is 6.29. The summed E-state index contributed by atoms with van der Waals surface area (Å²) in [6.07, 6.45) is 5.34. The van der Waals surface area contributed by atoms with Crippen LogP contribution in [0.5, 0.6) is 0 Å². The molecule has 0 radical (unpaired) electrons.